The average molecular weight is 496 g/mol. The van der Waals surface area contributed by atoms with Crippen LogP contribution in [0.2, 0.25) is 0 Å². The molecular formula is C26H29N3O5S. The number of piperidine rings is 2. The van der Waals surface area contributed by atoms with E-state index in [9.17, 15) is 9.59 Å². The molecule has 184 valence electrons. The third kappa shape index (κ3) is 4.40. The summed E-state index contributed by atoms with van der Waals surface area (Å²) in [4.78, 5) is 33.3. The van der Waals surface area contributed by atoms with E-state index in [1.807, 2.05) is 29.2 Å². The molecule has 9 heteroatoms. The summed E-state index contributed by atoms with van der Waals surface area (Å²) in [5, 5.41) is 3.73. The Kier molecular flexibility index (Phi) is 6.51. The van der Waals surface area contributed by atoms with Gasteiger partial charge in [-0.25, -0.2) is 4.98 Å². The molecule has 1 aromatic heterocycles. The van der Waals surface area contributed by atoms with Gasteiger partial charge < -0.3 is 24.4 Å². The molecule has 3 heterocycles. The molecule has 35 heavy (non-hydrogen) atoms. The molecule has 0 saturated carbocycles. The van der Waals surface area contributed by atoms with Gasteiger partial charge in [0.25, 0.3) is 11.8 Å². The minimum Gasteiger partial charge on any atom is -0.493 e. The quantitative estimate of drug-likeness (QED) is 0.549. The monoisotopic (exact) mass is 495 g/mol. The van der Waals surface area contributed by atoms with Crippen molar-refractivity contribution in [3.8, 4) is 17.2 Å². The normalized spacial score (nSPS) is 21.5. The van der Waals surface area contributed by atoms with Gasteiger partial charge in [0.1, 0.15) is 0 Å². The van der Waals surface area contributed by atoms with Crippen molar-refractivity contribution in [3.63, 3.8) is 0 Å². The number of amides is 2. The average Bonchev–Trinajstić information content (AvgIpc) is 3.31. The molecule has 2 aliphatic heterocycles. The van der Waals surface area contributed by atoms with Crippen LogP contribution in [0, 0.1) is 0 Å². The SMILES string of the molecule is COc1cc(C(=O)NC2CC3CCCC(C2)N3C(=O)c2nc3ccccc3s2)cc(OC)c1OC. The lowest BCUT2D eigenvalue weighted by Gasteiger charge is -2.48. The standard InChI is InChI=1S/C26H29N3O5S/c1-32-20-11-15(12-21(33-2)23(20)34-3)24(30)27-16-13-17-7-6-8-18(14-16)29(17)26(31)25-28-19-9-4-5-10-22(19)35-25/h4-5,9-12,16-18H,6-8,13-14H2,1-3H3,(H,27,30). The number of hydrogen-bond acceptors (Lipinski definition) is 7. The van der Waals surface area contributed by atoms with Crippen molar-refractivity contribution < 1.29 is 23.8 Å². The number of ether oxygens (including phenoxy) is 3. The van der Waals surface area contributed by atoms with E-state index in [0.717, 1.165) is 42.3 Å². The first kappa shape index (κ1) is 23.4. The van der Waals surface area contributed by atoms with Crippen LogP contribution < -0.4 is 19.5 Å². The highest BCUT2D eigenvalue weighted by Crippen LogP contribution is 2.39. The molecule has 2 unspecified atom stereocenters. The maximum atomic E-state index is 13.5. The number of para-hydroxylation sites is 1. The highest BCUT2D eigenvalue weighted by molar-refractivity contribution is 7.20. The van der Waals surface area contributed by atoms with Crippen molar-refractivity contribution in [3.05, 3.63) is 47.0 Å². The fraction of sp³-hybridized carbons (Fsp3) is 0.423. The van der Waals surface area contributed by atoms with E-state index in [1.54, 1.807) is 12.1 Å². The number of nitrogens with one attached hydrogen (secondary N) is 1. The van der Waals surface area contributed by atoms with E-state index < -0.39 is 0 Å². The Morgan fingerprint density at radius 1 is 1.00 bits per heavy atom. The highest BCUT2D eigenvalue weighted by atomic mass is 32.1. The van der Waals surface area contributed by atoms with Gasteiger partial charge in [-0.2, -0.15) is 0 Å². The third-order valence-corrected chi connectivity index (χ3v) is 7.97. The molecule has 3 aromatic rings. The molecule has 1 N–H and O–H groups in total. The lowest BCUT2D eigenvalue weighted by molar-refractivity contribution is 0.0207. The van der Waals surface area contributed by atoms with Gasteiger partial charge in [0.05, 0.1) is 31.5 Å². The Morgan fingerprint density at radius 2 is 1.66 bits per heavy atom. The summed E-state index contributed by atoms with van der Waals surface area (Å²) < 4.78 is 17.2. The minimum atomic E-state index is -0.196. The van der Waals surface area contributed by atoms with Gasteiger partial charge in [-0.1, -0.05) is 12.1 Å². The van der Waals surface area contributed by atoms with Crippen molar-refractivity contribution >= 4 is 33.4 Å². The Hall–Kier alpha value is -3.33. The first-order valence-corrected chi connectivity index (χ1v) is 12.6. The molecule has 0 radical (unpaired) electrons. The summed E-state index contributed by atoms with van der Waals surface area (Å²) in [6, 6.07) is 11.3. The van der Waals surface area contributed by atoms with Crippen LogP contribution in [0.4, 0.5) is 0 Å². The van der Waals surface area contributed by atoms with E-state index >= 15 is 0 Å². The van der Waals surface area contributed by atoms with Gasteiger partial charge in [-0.15, -0.1) is 11.3 Å². The Labute approximate surface area is 208 Å². The van der Waals surface area contributed by atoms with Crippen LogP contribution >= 0.6 is 11.3 Å². The number of carbonyl (C=O) groups is 2. The second kappa shape index (κ2) is 9.73. The number of aromatic nitrogens is 1. The summed E-state index contributed by atoms with van der Waals surface area (Å²) >= 11 is 1.45. The second-order valence-electron chi connectivity index (χ2n) is 8.99. The molecule has 0 aliphatic carbocycles. The first-order valence-electron chi connectivity index (χ1n) is 11.8. The van der Waals surface area contributed by atoms with Gasteiger partial charge in [0.15, 0.2) is 16.5 Å². The molecule has 2 atom stereocenters. The molecule has 2 amide bonds. The van der Waals surface area contributed by atoms with E-state index in [4.69, 9.17) is 14.2 Å². The summed E-state index contributed by atoms with van der Waals surface area (Å²) in [5.74, 6) is 1.13. The number of hydrogen-bond donors (Lipinski definition) is 1. The molecule has 8 nitrogen and oxygen atoms in total. The summed E-state index contributed by atoms with van der Waals surface area (Å²) in [7, 11) is 4.58. The van der Waals surface area contributed by atoms with Crippen molar-refractivity contribution in [1.82, 2.24) is 15.2 Å². The number of fused-ring (bicyclic) bond motifs is 3. The zero-order valence-corrected chi connectivity index (χ0v) is 20.9. The Morgan fingerprint density at radius 3 is 2.26 bits per heavy atom. The van der Waals surface area contributed by atoms with Crippen molar-refractivity contribution in [2.24, 2.45) is 0 Å². The Bertz CT molecular complexity index is 1190. The topological polar surface area (TPSA) is 90.0 Å². The van der Waals surface area contributed by atoms with E-state index in [1.165, 1.54) is 32.7 Å². The fourth-order valence-corrected chi connectivity index (χ4v) is 6.30. The zero-order valence-electron chi connectivity index (χ0n) is 20.1. The van der Waals surface area contributed by atoms with E-state index in [2.05, 4.69) is 10.3 Å². The van der Waals surface area contributed by atoms with E-state index in [-0.39, 0.29) is 29.9 Å². The maximum Gasteiger partial charge on any atom is 0.283 e. The van der Waals surface area contributed by atoms with Gasteiger partial charge in [-0.05, 0) is 56.4 Å². The predicted molar refractivity (Wildman–Crippen MR) is 134 cm³/mol. The molecule has 5 rings (SSSR count). The Balaban J connectivity index is 1.32. The van der Waals surface area contributed by atoms with Crippen LogP contribution in [0.25, 0.3) is 10.2 Å². The number of carbonyl (C=O) groups excluding carboxylic acids is 2. The predicted octanol–water partition coefficient (Wildman–Crippen LogP) is 4.28. The fourth-order valence-electron chi connectivity index (χ4n) is 5.39. The molecule has 2 fully saturated rings. The van der Waals surface area contributed by atoms with Crippen LogP contribution in [0.5, 0.6) is 17.2 Å². The smallest absolute Gasteiger partial charge is 0.283 e. The second-order valence-corrected chi connectivity index (χ2v) is 10.0. The molecular weight excluding hydrogens is 466 g/mol. The van der Waals surface area contributed by atoms with Gasteiger partial charge in [-0.3, -0.25) is 9.59 Å². The number of thiazole rings is 1. The van der Waals surface area contributed by atoms with Crippen LogP contribution in [0.1, 0.15) is 52.3 Å². The van der Waals surface area contributed by atoms with Gasteiger partial charge in [0.2, 0.25) is 5.75 Å². The van der Waals surface area contributed by atoms with Crippen LogP contribution in [0.15, 0.2) is 36.4 Å². The van der Waals surface area contributed by atoms with Crippen LogP contribution in [-0.4, -0.2) is 61.2 Å². The summed E-state index contributed by atoms with van der Waals surface area (Å²) in [5.41, 5.74) is 1.30. The number of methoxy groups -OCH3 is 3. The van der Waals surface area contributed by atoms with Crippen molar-refractivity contribution in [1.29, 1.82) is 0 Å². The highest BCUT2D eigenvalue weighted by Gasteiger charge is 2.42. The largest absolute Gasteiger partial charge is 0.493 e. The molecule has 2 aromatic carbocycles. The van der Waals surface area contributed by atoms with Crippen LogP contribution in [0.3, 0.4) is 0 Å². The molecule has 0 spiro atoms. The molecule has 2 saturated heterocycles. The number of nitrogens with zero attached hydrogens (tertiary/aromatic N) is 2. The lowest BCUT2D eigenvalue weighted by Crippen LogP contribution is -2.58. The lowest BCUT2D eigenvalue weighted by atomic mass is 9.81. The summed E-state index contributed by atoms with van der Waals surface area (Å²) in [6.07, 6.45) is 4.41. The van der Waals surface area contributed by atoms with Crippen molar-refractivity contribution in [2.75, 3.05) is 21.3 Å². The zero-order chi connectivity index (χ0) is 24.5. The maximum absolute atomic E-state index is 13.5. The first-order chi connectivity index (χ1) is 17.0. The van der Waals surface area contributed by atoms with E-state index in [0.29, 0.717) is 27.8 Å². The summed E-state index contributed by atoms with van der Waals surface area (Å²) in [6.45, 7) is 0. The number of benzene rings is 2. The van der Waals surface area contributed by atoms with Gasteiger partial charge in [0, 0.05) is 23.7 Å². The molecule has 2 bridgehead atoms. The van der Waals surface area contributed by atoms with Crippen molar-refractivity contribution in [2.45, 2.75) is 50.2 Å². The van der Waals surface area contributed by atoms with Crippen LogP contribution in [-0.2, 0) is 0 Å². The third-order valence-electron chi connectivity index (χ3n) is 6.95. The minimum absolute atomic E-state index is 0.00954. The molecule has 2 aliphatic rings. The van der Waals surface area contributed by atoms with Gasteiger partial charge >= 0.3 is 0 Å². The number of rotatable bonds is 6.